The molecular formula is C51H31N3OS. The molecule has 11 rings (SSSR count). The molecule has 8 aromatic carbocycles. The topological polar surface area (TPSA) is 51.8 Å². The molecule has 5 heteroatoms. The third-order valence-corrected chi connectivity index (χ3v) is 11.7. The van der Waals surface area contributed by atoms with E-state index in [1.807, 2.05) is 36.4 Å². The van der Waals surface area contributed by atoms with Gasteiger partial charge in [-0.05, 0) is 70.3 Å². The van der Waals surface area contributed by atoms with Crippen LogP contribution in [-0.2, 0) is 0 Å². The minimum absolute atomic E-state index is 0.639. The van der Waals surface area contributed by atoms with Crippen LogP contribution in [0.25, 0.3) is 110 Å². The Morgan fingerprint density at radius 2 is 0.929 bits per heavy atom. The first-order valence-electron chi connectivity index (χ1n) is 18.7. The lowest BCUT2D eigenvalue weighted by molar-refractivity contribution is 0.670. The Morgan fingerprint density at radius 1 is 0.339 bits per heavy atom. The summed E-state index contributed by atoms with van der Waals surface area (Å²) in [6.07, 6.45) is 0. The van der Waals surface area contributed by atoms with Gasteiger partial charge in [0, 0.05) is 53.2 Å². The van der Waals surface area contributed by atoms with Gasteiger partial charge in [-0.25, -0.2) is 15.0 Å². The monoisotopic (exact) mass is 733 g/mol. The van der Waals surface area contributed by atoms with E-state index in [9.17, 15) is 0 Å². The summed E-state index contributed by atoms with van der Waals surface area (Å²) >= 11 is 1.77. The van der Waals surface area contributed by atoms with Crippen LogP contribution in [0, 0.1) is 0 Å². The summed E-state index contributed by atoms with van der Waals surface area (Å²) < 4.78 is 8.93. The van der Waals surface area contributed by atoms with E-state index in [1.54, 1.807) is 11.3 Å². The Kier molecular flexibility index (Phi) is 7.64. The van der Waals surface area contributed by atoms with Gasteiger partial charge in [0.2, 0.25) is 0 Å². The summed E-state index contributed by atoms with van der Waals surface area (Å²) in [5.74, 6) is 1.93. The van der Waals surface area contributed by atoms with Crippen molar-refractivity contribution in [3.05, 3.63) is 188 Å². The average molecular weight is 734 g/mol. The van der Waals surface area contributed by atoms with Crippen LogP contribution < -0.4 is 0 Å². The van der Waals surface area contributed by atoms with Crippen molar-refractivity contribution in [3.63, 3.8) is 0 Å². The van der Waals surface area contributed by atoms with Gasteiger partial charge in [0.1, 0.15) is 11.2 Å². The standard InChI is InChI=1S/C51H31N3OS/c1-4-14-32(15-5-1)35-20-12-21-37(28-35)50-52-49(34-18-8-3-9-19-34)53-51(54-50)41-24-13-23-40-43-29-36(26-27-46(43)56-48(40)41)42-30-38(33-16-6-2-7-17-33)31-44-39-22-10-11-25-45(39)55-47(42)44/h1-31H. The zero-order chi connectivity index (χ0) is 37.0. The van der Waals surface area contributed by atoms with E-state index in [0.29, 0.717) is 17.5 Å². The van der Waals surface area contributed by atoms with Gasteiger partial charge in [0.15, 0.2) is 17.5 Å². The first-order valence-corrected chi connectivity index (χ1v) is 19.5. The summed E-state index contributed by atoms with van der Waals surface area (Å²) in [6, 6.07) is 65.7. The Bertz CT molecular complexity index is 3240. The molecular weight excluding hydrogens is 703 g/mol. The van der Waals surface area contributed by atoms with Crippen molar-refractivity contribution in [2.24, 2.45) is 0 Å². The molecule has 0 atom stereocenters. The van der Waals surface area contributed by atoms with Crippen LogP contribution in [-0.4, -0.2) is 15.0 Å². The number of hydrogen-bond donors (Lipinski definition) is 0. The van der Waals surface area contributed by atoms with Crippen LogP contribution in [0.5, 0.6) is 0 Å². The predicted octanol–water partition coefficient (Wildman–Crippen LogP) is 14.1. The van der Waals surface area contributed by atoms with Crippen LogP contribution >= 0.6 is 11.3 Å². The molecule has 0 N–H and O–H groups in total. The molecule has 0 fully saturated rings. The van der Waals surface area contributed by atoms with Crippen molar-refractivity contribution in [1.82, 2.24) is 15.0 Å². The Labute approximate surface area is 327 Å². The highest BCUT2D eigenvalue weighted by molar-refractivity contribution is 7.26. The third kappa shape index (κ3) is 5.56. The molecule has 262 valence electrons. The maximum Gasteiger partial charge on any atom is 0.165 e. The summed E-state index contributed by atoms with van der Waals surface area (Å²) in [5, 5.41) is 4.58. The van der Waals surface area contributed by atoms with Crippen LogP contribution in [0.3, 0.4) is 0 Å². The maximum atomic E-state index is 6.59. The van der Waals surface area contributed by atoms with Crippen molar-refractivity contribution < 1.29 is 4.42 Å². The SMILES string of the molecule is c1ccc(-c2cccc(-c3nc(-c4ccccc4)nc(-c4cccc5c4sc4ccc(-c6cc(-c7ccccc7)cc7c6oc6ccccc67)cc45)n3)c2)cc1. The summed E-state index contributed by atoms with van der Waals surface area (Å²) in [7, 11) is 0. The third-order valence-electron chi connectivity index (χ3n) is 10.5. The highest BCUT2D eigenvalue weighted by Gasteiger charge is 2.19. The molecule has 3 heterocycles. The van der Waals surface area contributed by atoms with Gasteiger partial charge in [-0.2, -0.15) is 0 Å². The van der Waals surface area contributed by atoms with Gasteiger partial charge in [0.25, 0.3) is 0 Å². The number of aromatic nitrogens is 3. The van der Waals surface area contributed by atoms with E-state index < -0.39 is 0 Å². The highest BCUT2D eigenvalue weighted by atomic mass is 32.1. The zero-order valence-corrected chi connectivity index (χ0v) is 30.9. The second-order valence-electron chi connectivity index (χ2n) is 14.0. The molecule has 0 radical (unpaired) electrons. The van der Waals surface area contributed by atoms with E-state index in [2.05, 4.69) is 152 Å². The molecule has 0 aliphatic rings. The van der Waals surface area contributed by atoms with Gasteiger partial charge in [-0.15, -0.1) is 11.3 Å². The number of para-hydroxylation sites is 1. The Hall–Kier alpha value is -7.21. The number of nitrogens with zero attached hydrogens (tertiary/aromatic N) is 3. The molecule has 4 nitrogen and oxygen atoms in total. The van der Waals surface area contributed by atoms with E-state index in [-0.39, 0.29) is 0 Å². The Balaban J connectivity index is 1.09. The van der Waals surface area contributed by atoms with Crippen molar-refractivity contribution in [1.29, 1.82) is 0 Å². The average Bonchev–Trinajstić information content (AvgIpc) is 3.85. The van der Waals surface area contributed by atoms with Gasteiger partial charge in [-0.1, -0.05) is 146 Å². The second-order valence-corrected chi connectivity index (χ2v) is 15.0. The van der Waals surface area contributed by atoms with Gasteiger partial charge < -0.3 is 4.42 Å². The molecule has 11 aromatic rings. The smallest absolute Gasteiger partial charge is 0.165 e. The number of thiophene rings is 1. The fourth-order valence-electron chi connectivity index (χ4n) is 7.79. The van der Waals surface area contributed by atoms with Crippen LogP contribution in [0.4, 0.5) is 0 Å². The molecule has 0 spiro atoms. The predicted molar refractivity (Wildman–Crippen MR) is 233 cm³/mol. The highest BCUT2D eigenvalue weighted by Crippen LogP contribution is 2.44. The number of rotatable bonds is 6. The molecule has 0 unspecified atom stereocenters. The largest absolute Gasteiger partial charge is 0.455 e. The maximum absolute atomic E-state index is 6.59. The fraction of sp³-hybridized carbons (Fsp3) is 0. The lowest BCUT2D eigenvalue weighted by Gasteiger charge is -2.10. The molecule has 0 saturated carbocycles. The molecule has 56 heavy (non-hydrogen) atoms. The summed E-state index contributed by atoms with van der Waals surface area (Å²) in [5.41, 5.74) is 11.4. The van der Waals surface area contributed by atoms with Crippen molar-refractivity contribution in [3.8, 4) is 67.5 Å². The summed E-state index contributed by atoms with van der Waals surface area (Å²) in [6.45, 7) is 0. The fourth-order valence-corrected chi connectivity index (χ4v) is 8.98. The minimum Gasteiger partial charge on any atom is -0.455 e. The quantitative estimate of drug-likeness (QED) is 0.171. The van der Waals surface area contributed by atoms with E-state index >= 15 is 0 Å². The van der Waals surface area contributed by atoms with Crippen LogP contribution in [0.15, 0.2) is 192 Å². The number of fused-ring (bicyclic) bond motifs is 6. The second kappa shape index (κ2) is 13.3. The van der Waals surface area contributed by atoms with Crippen molar-refractivity contribution >= 4 is 53.4 Å². The van der Waals surface area contributed by atoms with E-state index in [0.717, 1.165) is 71.1 Å². The zero-order valence-electron chi connectivity index (χ0n) is 30.1. The summed E-state index contributed by atoms with van der Waals surface area (Å²) in [4.78, 5) is 15.4. The number of hydrogen-bond acceptors (Lipinski definition) is 5. The molecule has 0 aliphatic carbocycles. The minimum atomic E-state index is 0.639. The molecule has 0 amide bonds. The van der Waals surface area contributed by atoms with Crippen molar-refractivity contribution in [2.45, 2.75) is 0 Å². The molecule has 0 saturated heterocycles. The van der Waals surface area contributed by atoms with Crippen LogP contribution in [0.1, 0.15) is 0 Å². The number of benzene rings is 8. The number of furan rings is 1. The Morgan fingerprint density at radius 3 is 1.71 bits per heavy atom. The molecule has 0 aliphatic heterocycles. The normalized spacial score (nSPS) is 11.6. The first-order chi connectivity index (χ1) is 27.7. The van der Waals surface area contributed by atoms with E-state index in [1.165, 1.54) is 21.0 Å². The van der Waals surface area contributed by atoms with Crippen molar-refractivity contribution in [2.75, 3.05) is 0 Å². The van der Waals surface area contributed by atoms with Crippen LogP contribution in [0.2, 0.25) is 0 Å². The first kappa shape index (κ1) is 32.2. The lowest BCUT2D eigenvalue weighted by atomic mass is 9.95. The van der Waals surface area contributed by atoms with Gasteiger partial charge in [0.05, 0.1) is 0 Å². The lowest BCUT2D eigenvalue weighted by Crippen LogP contribution is -2.00. The van der Waals surface area contributed by atoms with Gasteiger partial charge in [-0.3, -0.25) is 0 Å². The molecule has 0 bridgehead atoms. The van der Waals surface area contributed by atoms with E-state index in [4.69, 9.17) is 19.4 Å². The molecule has 3 aromatic heterocycles. The van der Waals surface area contributed by atoms with Gasteiger partial charge >= 0.3 is 0 Å².